The zero-order valence-corrected chi connectivity index (χ0v) is 6.32. The molecule has 0 fully saturated rings. The van der Waals surface area contributed by atoms with Crippen LogP contribution in [0.5, 0.6) is 0 Å². The molecule has 1 aliphatic rings. The van der Waals surface area contributed by atoms with Gasteiger partial charge >= 0.3 is 0 Å². The Labute approximate surface area is 61.2 Å². The monoisotopic (exact) mass is 144 g/mol. The van der Waals surface area contributed by atoms with E-state index in [0.29, 0.717) is 0 Å². The van der Waals surface area contributed by atoms with Crippen molar-refractivity contribution in [3.63, 3.8) is 0 Å². The van der Waals surface area contributed by atoms with Gasteiger partial charge in [0.25, 0.3) is 0 Å². The predicted octanol–water partition coefficient (Wildman–Crippen LogP) is 0.698. The fourth-order valence-electron chi connectivity index (χ4n) is 0.884. The molecule has 0 spiro atoms. The minimum Gasteiger partial charge on any atom is -0.373 e. The molecule has 1 N–H and O–H groups in total. The summed E-state index contributed by atoms with van der Waals surface area (Å²) in [4.78, 5) is 4.24. The summed E-state index contributed by atoms with van der Waals surface area (Å²) in [5.41, 5.74) is 0. The first-order chi connectivity index (χ1) is 4.43. The molecular weight excluding hydrogens is 132 g/mol. The van der Waals surface area contributed by atoms with Crippen LogP contribution in [0.1, 0.15) is 12.8 Å². The highest BCUT2D eigenvalue weighted by Crippen LogP contribution is 2.00. The number of hydrogen-bond donors (Lipinski definition) is 2. The van der Waals surface area contributed by atoms with Crippen molar-refractivity contribution in [3.05, 3.63) is 0 Å². The molecule has 1 aliphatic heterocycles. The van der Waals surface area contributed by atoms with E-state index in [0.717, 1.165) is 25.3 Å². The Morgan fingerprint density at radius 1 is 1.67 bits per heavy atom. The van der Waals surface area contributed by atoms with Crippen LogP contribution in [0.15, 0.2) is 4.99 Å². The van der Waals surface area contributed by atoms with Crippen molar-refractivity contribution >= 4 is 18.5 Å². The van der Waals surface area contributed by atoms with Gasteiger partial charge in [0, 0.05) is 25.3 Å². The van der Waals surface area contributed by atoms with Gasteiger partial charge in [-0.25, -0.2) is 0 Å². The van der Waals surface area contributed by atoms with Crippen LogP contribution in [0.3, 0.4) is 0 Å². The summed E-state index contributed by atoms with van der Waals surface area (Å²) in [6.07, 6.45) is 2.35. The van der Waals surface area contributed by atoms with Gasteiger partial charge in [-0.15, -0.1) is 0 Å². The van der Waals surface area contributed by atoms with Crippen molar-refractivity contribution in [1.29, 1.82) is 0 Å². The van der Waals surface area contributed by atoms with E-state index in [-0.39, 0.29) is 0 Å². The molecule has 0 atom stereocenters. The average molecular weight is 144 g/mol. The van der Waals surface area contributed by atoms with Gasteiger partial charge in [0.15, 0.2) is 0 Å². The van der Waals surface area contributed by atoms with Gasteiger partial charge in [0.1, 0.15) is 0 Å². The van der Waals surface area contributed by atoms with Gasteiger partial charge in [-0.2, -0.15) is 12.6 Å². The van der Waals surface area contributed by atoms with Crippen LogP contribution in [0.25, 0.3) is 0 Å². The highest BCUT2D eigenvalue weighted by molar-refractivity contribution is 7.80. The fraction of sp³-hybridized carbons (Fsp3) is 0.833. The second kappa shape index (κ2) is 3.77. The Balaban J connectivity index is 2.11. The molecule has 1 heterocycles. The zero-order chi connectivity index (χ0) is 6.53. The van der Waals surface area contributed by atoms with E-state index in [1.54, 1.807) is 0 Å². The molecule has 9 heavy (non-hydrogen) atoms. The van der Waals surface area contributed by atoms with Crippen LogP contribution >= 0.6 is 12.6 Å². The van der Waals surface area contributed by atoms with Crippen molar-refractivity contribution in [1.82, 2.24) is 5.32 Å². The third-order valence-corrected chi connectivity index (χ3v) is 1.54. The van der Waals surface area contributed by atoms with E-state index in [1.807, 2.05) is 0 Å². The van der Waals surface area contributed by atoms with Crippen molar-refractivity contribution < 1.29 is 0 Å². The molecule has 0 saturated carbocycles. The minimum absolute atomic E-state index is 0.888. The van der Waals surface area contributed by atoms with Crippen molar-refractivity contribution in [2.24, 2.45) is 4.99 Å². The van der Waals surface area contributed by atoms with Crippen LogP contribution in [0.2, 0.25) is 0 Å². The number of rotatable bonds is 2. The van der Waals surface area contributed by atoms with Crippen molar-refractivity contribution in [2.75, 3.05) is 18.8 Å². The Kier molecular flexibility index (Phi) is 2.91. The zero-order valence-electron chi connectivity index (χ0n) is 5.43. The molecule has 0 aromatic heterocycles. The number of hydrogen-bond acceptors (Lipinski definition) is 3. The summed E-state index contributed by atoms with van der Waals surface area (Å²) in [7, 11) is 0. The standard InChI is InChI=1S/C6H12N2S/c9-5-4-8-6-2-1-3-7-6/h9H,1-5H2,(H,7,8). The molecule has 0 aliphatic carbocycles. The van der Waals surface area contributed by atoms with Crippen LogP contribution < -0.4 is 5.32 Å². The molecule has 0 aromatic rings. The van der Waals surface area contributed by atoms with Gasteiger partial charge in [-0.1, -0.05) is 0 Å². The summed E-state index contributed by atoms with van der Waals surface area (Å²) in [6.45, 7) is 1.96. The van der Waals surface area contributed by atoms with Gasteiger partial charge in [0.2, 0.25) is 0 Å². The van der Waals surface area contributed by atoms with Crippen LogP contribution in [-0.2, 0) is 0 Å². The largest absolute Gasteiger partial charge is 0.373 e. The highest BCUT2D eigenvalue weighted by Gasteiger charge is 2.02. The minimum atomic E-state index is 0.888. The number of thiol groups is 1. The van der Waals surface area contributed by atoms with Gasteiger partial charge in [-0.05, 0) is 6.42 Å². The number of amidine groups is 1. The summed E-state index contributed by atoms with van der Waals surface area (Å²) in [5, 5.41) is 3.20. The van der Waals surface area contributed by atoms with Crippen LogP contribution in [0.4, 0.5) is 0 Å². The second-order valence-electron chi connectivity index (χ2n) is 2.08. The van der Waals surface area contributed by atoms with Crippen molar-refractivity contribution in [2.45, 2.75) is 12.8 Å². The van der Waals surface area contributed by atoms with Crippen LogP contribution in [-0.4, -0.2) is 24.7 Å². The van der Waals surface area contributed by atoms with E-state index in [2.05, 4.69) is 22.9 Å². The predicted molar refractivity (Wildman–Crippen MR) is 43.4 cm³/mol. The van der Waals surface area contributed by atoms with Crippen molar-refractivity contribution in [3.8, 4) is 0 Å². The van der Waals surface area contributed by atoms with E-state index in [1.165, 1.54) is 12.3 Å². The molecule has 0 bridgehead atoms. The molecule has 0 unspecified atom stereocenters. The maximum absolute atomic E-state index is 4.24. The number of nitrogens with one attached hydrogen (secondary N) is 1. The lowest BCUT2D eigenvalue weighted by Crippen LogP contribution is -2.23. The number of aliphatic imine (C=N–C) groups is 1. The van der Waals surface area contributed by atoms with E-state index in [4.69, 9.17) is 0 Å². The molecule has 2 nitrogen and oxygen atoms in total. The lowest BCUT2D eigenvalue weighted by molar-refractivity contribution is 0.926. The molecular formula is C6H12N2S. The van der Waals surface area contributed by atoms with Gasteiger partial charge in [-0.3, -0.25) is 4.99 Å². The van der Waals surface area contributed by atoms with Gasteiger partial charge in [0.05, 0.1) is 5.84 Å². The topological polar surface area (TPSA) is 24.4 Å². The van der Waals surface area contributed by atoms with E-state index >= 15 is 0 Å². The van der Waals surface area contributed by atoms with Gasteiger partial charge < -0.3 is 5.32 Å². The van der Waals surface area contributed by atoms with E-state index in [9.17, 15) is 0 Å². The first kappa shape index (κ1) is 6.93. The lowest BCUT2D eigenvalue weighted by Gasteiger charge is -2.00. The molecule has 1 rings (SSSR count). The Morgan fingerprint density at radius 2 is 2.56 bits per heavy atom. The first-order valence-electron chi connectivity index (χ1n) is 3.31. The Hall–Kier alpha value is -0.180. The molecule has 0 saturated heterocycles. The molecule has 0 amide bonds. The highest BCUT2D eigenvalue weighted by atomic mass is 32.1. The Bertz CT molecular complexity index is 112. The lowest BCUT2D eigenvalue weighted by atomic mass is 10.3. The van der Waals surface area contributed by atoms with Crippen LogP contribution in [0, 0.1) is 0 Å². The smallest absolute Gasteiger partial charge is 0.0963 e. The third-order valence-electron chi connectivity index (χ3n) is 1.32. The molecule has 3 heteroatoms. The molecule has 52 valence electrons. The maximum Gasteiger partial charge on any atom is 0.0963 e. The molecule has 0 aromatic carbocycles. The first-order valence-corrected chi connectivity index (χ1v) is 3.95. The normalized spacial score (nSPS) is 17.7. The summed E-state index contributed by atoms with van der Waals surface area (Å²) >= 11 is 4.08. The third kappa shape index (κ3) is 2.26. The van der Waals surface area contributed by atoms with E-state index < -0.39 is 0 Å². The number of nitrogens with zero attached hydrogens (tertiary/aromatic N) is 1. The fourth-order valence-corrected chi connectivity index (χ4v) is 0.996. The SMILES string of the molecule is SCCNC1=NCCC1. The maximum atomic E-state index is 4.24. The summed E-state index contributed by atoms with van der Waals surface area (Å²) in [6, 6.07) is 0. The quantitative estimate of drug-likeness (QED) is 0.548. The molecule has 0 radical (unpaired) electrons. The summed E-state index contributed by atoms with van der Waals surface area (Å²) in [5.74, 6) is 2.06. The average Bonchev–Trinajstić information content (AvgIpc) is 2.34. The second-order valence-corrected chi connectivity index (χ2v) is 2.53. The Morgan fingerprint density at radius 3 is 3.11 bits per heavy atom. The summed E-state index contributed by atoms with van der Waals surface area (Å²) < 4.78 is 0.